The molecule has 122 valence electrons. The van der Waals surface area contributed by atoms with E-state index in [2.05, 4.69) is 16.3 Å². The second-order valence-electron chi connectivity index (χ2n) is 6.15. The molecule has 3 rings (SSSR count). The summed E-state index contributed by atoms with van der Waals surface area (Å²) >= 11 is 1.70. The van der Waals surface area contributed by atoms with Gasteiger partial charge in [0.15, 0.2) is 0 Å². The molecule has 1 aromatic heterocycles. The van der Waals surface area contributed by atoms with Gasteiger partial charge in [0.2, 0.25) is 5.91 Å². The topological polar surface area (TPSA) is 53.0 Å². The van der Waals surface area contributed by atoms with Crippen molar-refractivity contribution in [2.24, 2.45) is 0 Å². The highest BCUT2D eigenvalue weighted by atomic mass is 32.1. The average molecular weight is 324 g/mol. The molecule has 0 bridgehead atoms. The zero-order chi connectivity index (χ0) is 15.5. The van der Waals surface area contributed by atoms with E-state index in [-0.39, 0.29) is 18.1 Å². The number of piperazine rings is 1. The van der Waals surface area contributed by atoms with Crippen LogP contribution in [0.1, 0.15) is 29.9 Å². The standard InChI is InChI=1S/C16H24N2O3S/c1-12(19)11-17-4-6-18(7-5-17)15(20)10-14-16-13(2-8-21-14)3-9-22-16/h3,9,12,14,19H,2,4-8,10-11H2,1H3/t12-,14-/m1/s1. The number of rotatable bonds is 4. The van der Waals surface area contributed by atoms with Crippen molar-refractivity contribution >= 4 is 17.2 Å². The third-order valence-corrected chi connectivity index (χ3v) is 5.42. The molecule has 0 radical (unpaired) electrons. The maximum atomic E-state index is 12.5. The fraction of sp³-hybridized carbons (Fsp3) is 0.688. The quantitative estimate of drug-likeness (QED) is 0.906. The number of aliphatic hydroxyl groups excluding tert-OH is 1. The van der Waals surface area contributed by atoms with E-state index in [1.165, 1.54) is 10.4 Å². The van der Waals surface area contributed by atoms with Gasteiger partial charge in [-0.2, -0.15) is 0 Å². The van der Waals surface area contributed by atoms with Crippen LogP contribution in [-0.2, 0) is 16.0 Å². The summed E-state index contributed by atoms with van der Waals surface area (Å²) in [4.78, 5) is 17.9. The molecule has 6 heteroatoms. The molecule has 2 aliphatic rings. The number of hydrogen-bond donors (Lipinski definition) is 1. The number of carbonyl (C=O) groups is 1. The Morgan fingerprint density at radius 2 is 2.23 bits per heavy atom. The molecule has 0 unspecified atom stereocenters. The third-order valence-electron chi connectivity index (χ3n) is 4.37. The van der Waals surface area contributed by atoms with Crippen molar-refractivity contribution in [2.75, 3.05) is 39.3 Å². The first kappa shape index (κ1) is 15.9. The first-order valence-electron chi connectivity index (χ1n) is 7.99. The van der Waals surface area contributed by atoms with Gasteiger partial charge < -0.3 is 14.7 Å². The van der Waals surface area contributed by atoms with Crippen LogP contribution in [0, 0.1) is 0 Å². The SMILES string of the molecule is C[C@@H](O)CN1CCN(C(=O)C[C@H]2OCCc3ccsc32)CC1. The second-order valence-corrected chi connectivity index (χ2v) is 7.10. The first-order chi connectivity index (χ1) is 10.6. The van der Waals surface area contributed by atoms with Crippen LogP contribution in [0.4, 0.5) is 0 Å². The Kier molecular flexibility index (Phi) is 5.13. The zero-order valence-electron chi connectivity index (χ0n) is 13.0. The maximum absolute atomic E-state index is 12.5. The monoisotopic (exact) mass is 324 g/mol. The van der Waals surface area contributed by atoms with Gasteiger partial charge in [0, 0.05) is 37.6 Å². The first-order valence-corrected chi connectivity index (χ1v) is 8.87. The summed E-state index contributed by atoms with van der Waals surface area (Å²) in [5, 5.41) is 11.5. The lowest BCUT2D eigenvalue weighted by molar-refractivity contribution is -0.136. The molecule has 3 heterocycles. The van der Waals surface area contributed by atoms with E-state index in [1.54, 1.807) is 18.3 Å². The molecule has 2 aliphatic heterocycles. The number of β-amino-alcohol motifs (C(OH)–C–C–N with tert-alkyl or cyclic N) is 1. The summed E-state index contributed by atoms with van der Waals surface area (Å²) in [5.41, 5.74) is 1.34. The highest BCUT2D eigenvalue weighted by Gasteiger charge is 2.28. The molecule has 1 fully saturated rings. The van der Waals surface area contributed by atoms with Crippen LogP contribution < -0.4 is 0 Å². The van der Waals surface area contributed by atoms with Crippen molar-refractivity contribution in [1.82, 2.24) is 9.80 Å². The van der Waals surface area contributed by atoms with Crippen molar-refractivity contribution < 1.29 is 14.6 Å². The highest BCUT2D eigenvalue weighted by molar-refractivity contribution is 7.10. The Bertz CT molecular complexity index is 509. The van der Waals surface area contributed by atoms with Crippen LogP contribution in [0.15, 0.2) is 11.4 Å². The van der Waals surface area contributed by atoms with Crippen LogP contribution >= 0.6 is 11.3 Å². The summed E-state index contributed by atoms with van der Waals surface area (Å²) in [5.74, 6) is 0.183. The van der Waals surface area contributed by atoms with Gasteiger partial charge in [-0.3, -0.25) is 9.69 Å². The Balaban J connectivity index is 1.52. The van der Waals surface area contributed by atoms with Crippen LogP contribution in [0.25, 0.3) is 0 Å². The van der Waals surface area contributed by atoms with Crippen molar-refractivity contribution in [2.45, 2.75) is 32.0 Å². The Morgan fingerprint density at radius 1 is 1.45 bits per heavy atom. The van der Waals surface area contributed by atoms with Crippen LogP contribution in [0.2, 0.25) is 0 Å². The van der Waals surface area contributed by atoms with Crippen molar-refractivity contribution in [3.8, 4) is 0 Å². The maximum Gasteiger partial charge on any atom is 0.225 e. The number of nitrogens with zero attached hydrogens (tertiary/aromatic N) is 2. The highest BCUT2D eigenvalue weighted by Crippen LogP contribution is 2.34. The van der Waals surface area contributed by atoms with Gasteiger partial charge in [-0.15, -0.1) is 11.3 Å². The molecule has 0 saturated carbocycles. The van der Waals surface area contributed by atoms with E-state index in [1.807, 2.05) is 4.90 Å². The van der Waals surface area contributed by atoms with Crippen LogP contribution in [0.3, 0.4) is 0 Å². The van der Waals surface area contributed by atoms with E-state index in [4.69, 9.17) is 4.74 Å². The third kappa shape index (κ3) is 3.68. The lowest BCUT2D eigenvalue weighted by Gasteiger charge is -2.36. The molecular weight excluding hydrogens is 300 g/mol. The molecule has 1 amide bonds. The second kappa shape index (κ2) is 7.08. The summed E-state index contributed by atoms with van der Waals surface area (Å²) in [7, 11) is 0. The van der Waals surface area contributed by atoms with E-state index in [0.717, 1.165) is 32.6 Å². The van der Waals surface area contributed by atoms with E-state index >= 15 is 0 Å². The summed E-state index contributed by atoms with van der Waals surface area (Å²) in [6, 6.07) is 2.15. The summed E-state index contributed by atoms with van der Waals surface area (Å²) in [6.07, 6.45) is 1.03. The minimum absolute atomic E-state index is 0.0632. The average Bonchev–Trinajstić information content (AvgIpc) is 2.97. The molecule has 0 aromatic carbocycles. The lowest BCUT2D eigenvalue weighted by atomic mass is 10.0. The molecule has 1 saturated heterocycles. The van der Waals surface area contributed by atoms with Gasteiger partial charge in [0.1, 0.15) is 6.10 Å². The molecule has 2 atom stereocenters. The molecule has 1 aromatic rings. The summed E-state index contributed by atoms with van der Waals surface area (Å²) < 4.78 is 5.82. The van der Waals surface area contributed by atoms with Gasteiger partial charge >= 0.3 is 0 Å². The smallest absolute Gasteiger partial charge is 0.225 e. The Hall–Kier alpha value is -0.950. The molecule has 0 aliphatic carbocycles. The zero-order valence-corrected chi connectivity index (χ0v) is 13.8. The van der Waals surface area contributed by atoms with E-state index in [0.29, 0.717) is 19.6 Å². The van der Waals surface area contributed by atoms with Gasteiger partial charge in [-0.1, -0.05) is 0 Å². The Morgan fingerprint density at radius 3 is 2.95 bits per heavy atom. The molecule has 1 N–H and O–H groups in total. The Labute approximate surface area is 135 Å². The van der Waals surface area contributed by atoms with Gasteiger partial charge in [0.05, 0.1) is 19.1 Å². The number of hydrogen-bond acceptors (Lipinski definition) is 5. The normalized spacial score (nSPS) is 24.1. The predicted octanol–water partition coefficient (Wildman–Crippen LogP) is 1.28. The van der Waals surface area contributed by atoms with Crippen LogP contribution in [0.5, 0.6) is 0 Å². The lowest BCUT2D eigenvalue weighted by Crippen LogP contribution is -2.50. The van der Waals surface area contributed by atoms with Crippen molar-refractivity contribution in [1.29, 1.82) is 0 Å². The number of ether oxygens (including phenoxy) is 1. The number of carbonyl (C=O) groups excluding carboxylic acids is 1. The van der Waals surface area contributed by atoms with E-state index in [9.17, 15) is 9.90 Å². The van der Waals surface area contributed by atoms with Gasteiger partial charge in [-0.05, 0) is 30.4 Å². The number of thiophene rings is 1. The minimum atomic E-state index is -0.310. The molecular formula is C16H24N2O3S. The largest absolute Gasteiger partial charge is 0.392 e. The van der Waals surface area contributed by atoms with Crippen LogP contribution in [-0.4, -0.2) is 66.2 Å². The fourth-order valence-corrected chi connectivity index (χ4v) is 4.22. The van der Waals surface area contributed by atoms with Crippen molar-refractivity contribution in [3.05, 3.63) is 21.9 Å². The van der Waals surface area contributed by atoms with Crippen molar-refractivity contribution in [3.63, 3.8) is 0 Å². The molecule has 5 nitrogen and oxygen atoms in total. The summed E-state index contributed by atoms with van der Waals surface area (Å²) in [6.45, 7) is 6.37. The van der Waals surface area contributed by atoms with Gasteiger partial charge in [0.25, 0.3) is 0 Å². The molecule has 0 spiro atoms. The fourth-order valence-electron chi connectivity index (χ4n) is 3.22. The van der Waals surface area contributed by atoms with E-state index < -0.39 is 0 Å². The molecule has 22 heavy (non-hydrogen) atoms. The number of aliphatic hydroxyl groups is 1. The minimum Gasteiger partial charge on any atom is -0.392 e. The number of fused-ring (bicyclic) bond motifs is 1. The number of amides is 1. The van der Waals surface area contributed by atoms with Gasteiger partial charge in [-0.25, -0.2) is 0 Å². The predicted molar refractivity (Wildman–Crippen MR) is 86.0 cm³/mol.